The van der Waals surface area contributed by atoms with Gasteiger partial charge >= 0.3 is 0 Å². The highest BCUT2D eigenvalue weighted by molar-refractivity contribution is 6.32. The molecule has 0 aromatic heterocycles. The van der Waals surface area contributed by atoms with Crippen LogP contribution in [0.15, 0.2) is 48.5 Å². The van der Waals surface area contributed by atoms with Gasteiger partial charge in [0.1, 0.15) is 11.5 Å². The SMILES string of the molecule is CC1(C)CC(NC(=O)c2ccc(Oc3ccccc3C3=CCNCC3)c(Cl)c2)CC(C)(C)N1. The van der Waals surface area contributed by atoms with Crippen LogP contribution in [0, 0.1) is 0 Å². The van der Waals surface area contributed by atoms with Crippen molar-refractivity contribution < 1.29 is 9.53 Å². The second-order valence-electron chi connectivity index (χ2n) is 10.4. The molecule has 1 fully saturated rings. The summed E-state index contributed by atoms with van der Waals surface area (Å²) in [5, 5.41) is 10.6. The summed E-state index contributed by atoms with van der Waals surface area (Å²) in [6.45, 7) is 10.5. The van der Waals surface area contributed by atoms with Gasteiger partial charge in [-0.2, -0.15) is 0 Å². The largest absolute Gasteiger partial charge is 0.455 e. The predicted octanol–water partition coefficient (Wildman–Crippen LogP) is 5.55. The van der Waals surface area contributed by atoms with Gasteiger partial charge in [-0.05, 0) is 83.3 Å². The number of halogens is 1. The number of benzene rings is 2. The molecule has 0 aliphatic carbocycles. The highest BCUT2D eigenvalue weighted by atomic mass is 35.5. The van der Waals surface area contributed by atoms with Crippen molar-refractivity contribution in [2.45, 2.75) is 64.1 Å². The number of carbonyl (C=O) groups is 1. The highest BCUT2D eigenvalue weighted by Crippen LogP contribution is 2.36. The zero-order chi connectivity index (χ0) is 23.6. The molecule has 2 aromatic carbocycles. The summed E-state index contributed by atoms with van der Waals surface area (Å²) >= 11 is 6.56. The van der Waals surface area contributed by atoms with E-state index in [-0.39, 0.29) is 23.0 Å². The Morgan fingerprint density at radius 2 is 1.79 bits per heavy atom. The number of carbonyl (C=O) groups excluding carboxylic acids is 1. The van der Waals surface area contributed by atoms with Gasteiger partial charge in [-0.1, -0.05) is 35.9 Å². The van der Waals surface area contributed by atoms with E-state index in [1.54, 1.807) is 18.2 Å². The Bertz CT molecular complexity index is 1050. The Morgan fingerprint density at radius 3 is 2.45 bits per heavy atom. The van der Waals surface area contributed by atoms with Crippen LogP contribution in [0.5, 0.6) is 11.5 Å². The molecule has 0 bridgehead atoms. The van der Waals surface area contributed by atoms with Crippen LogP contribution in [0.3, 0.4) is 0 Å². The normalized spacial score (nSPS) is 20.1. The standard InChI is InChI=1S/C27H34ClN3O2/c1-26(2)16-20(17-27(3,4)31-26)30-25(32)19-9-10-24(22(28)15-19)33-23-8-6-5-7-21(23)18-11-13-29-14-12-18/h5-11,15,20,29,31H,12-14,16-17H2,1-4H3,(H,30,32). The number of hydrogen-bond donors (Lipinski definition) is 3. The summed E-state index contributed by atoms with van der Waals surface area (Å²) < 4.78 is 6.20. The molecular formula is C27H34ClN3O2. The smallest absolute Gasteiger partial charge is 0.251 e. The lowest BCUT2D eigenvalue weighted by molar-refractivity contribution is 0.0873. The molecule has 0 radical (unpaired) electrons. The molecule has 2 aromatic rings. The lowest BCUT2D eigenvalue weighted by Crippen LogP contribution is -2.62. The Kier molecular flexibility index (Phi) is 6.85. The molecule has 33 heavy (non-hydrogen) atoms. The van der Waals surface area contributed by atoms with Crippen LogP contribution in [0.1, 0.15) is 62.9 Å². The van der Waals surface area contributed by atoms with Crippen LogP contribution in [-0.4, -0.2) is 36.1 Å². The molecule has 5 nitrogen and oxygen atoms in total. The lowest BCUT2D eigenvalue weighted by Gasteiger charge is -2.46. The van der Waals surface area contributed by atoms with Gasteiger partial charge in [0.25, 0.3) is 5.91 Å². The van der Waals surface area contributed by atoms with E-state index in [2.05, 4.69) is 55.8 Å². The monoisotopic (exact) mass is 467 g/mol. The van der Waals surface area contributed by atoms with Gasteiger partial charge in [0.05, 0.1) is 5.02 Å². The number of piperidine rings is 1. The Balaban J connectivity index is 1.48. The molecule has 2 heterocycles. The first kappa shape index (κ1) is 23.8. The van der Waals surface area contributed by atoms with Crippen molar-refractivity contribution in [2.75, 3.05) is 13.1 Å². The van der Waals surface area contributed by atoms with Crippen molar-refractivity contribution in [3.8, 4) is 11.5 Å². The van der Waals surface area contributed by atoms with Crippen LogP contribution < -0.4 is 20.7 Å². The maximum atomic E-state index is 13.0. The molecule has 0 saturated carbocycles. The zero-order valence-corrected chi connectivity index (χ0v) is 20.7. The maximum absolute atomic E-state index is 13.0. The second kappa shape index (κ2) is 9.49. The van der Waals surface area contributed by atoms with Gasteiger partial charge in [0, 0.05) is 34.8 Å². The van der Waals surface area contributed by atoms with Gasteiger partial charge in [0.2, 0.25) is 0 Å². The van der Waals surface area contributed by atoms with E-state index >= 15 is 0 Å². The summed E-state index contributed by atoms with van der Waals surface area (Å²) in [6, 6.07) is 13.3. The Morgan fingerprint density at radius 1 is 1.06 bits per heavy atom. The van der Waals surface area contributed by atoms with E-state index in [0.717, 1.165) is 43.7 Å². The van der Waals surface area contributed by atoms with E-state index in [9.17, 15) is 4.79 Å². The molecule has 0 spiro atoms. The number of nitrogens with one attached hydrogen (secondary N) is 3. The fraction of sp³-hybridized carbons (Fsp3) is 0.444. The minimum absolute atomic E-state index is 0.0355. The van der Waals surface area contributed by atoms with Crippen molar-refractivity contribution in [3.05, 3.63) is 64.7 Å². The van der Waals surface area contributed by atoms with Crippen LogP contribution in [-0.2, 0) is 0 Å². The highest BCUT2D eigenvalue weighted by Gasteiger charge is 2.38. The minimum Gasteiger partial charge on any atom is -0.455 e. The van der Waals surface area contributed by atoms with Gasteiger partial charge in [0.15, 0.2) is 0 Å². The minimum atomic E-state index is -0.109. The van der Waals surface area contributed by atoms with Crippen molar-refractivity contribution in [1.82, 2.24) is 16.0 Å². The first-order valence-electron chi connectivity index (χ1n) is 11.7. The number of ether oxygens (including phenoxy) is 1. The van der Waals surface area contributed by atoms with E-state index in [1.807, 2.05) is 18.2 Å². The average Bonchev–Trinajstić information content (AvgIpc) is 2.74. The molecule has 2 aliphatic rings. The van der Waals surface area contributed by atoms with Crippen LogP contribution >= 0.6 is 11.6 Å². The molecule has 6 heteroatoms. The van der Waals surface area contributed by atoms with Gasteiger partial charge in [-0.25, -0.2) is 0 Å². The second-order valence-corrected chi connectivity index (χ2v) is 10.8. The summed E-state index contributed by atoms with van der Waals surface area (Å²) in [4.78, 5) is 13.0. The van der Waals surface area contributed by atoms with Gasteiger partial charge in [-0.3, -0.25) is 4.79 Å². The topological polar surface area (TPSA) is 62.4 Å². The first-order chi connectivity index (χ1) is 15.6. The molecule has 0 atom stereocenters. The Labute approximate surface area is 201 Å². The van der Waals surface area contributed by atoms with Crippen molar-refractivity contribution >= 4 is 23.1 Å². The number of hydrogen-bond acceptors (Lipinski definition) is 4. The maximum Gasteiger partial charge on any atom is 0.251 e. The fourth-order valence-electron chi connectivity index (χ4n) is 5.22. The summed E-state index contributed by atoms with van der Waals surface area (Å²) in [5.41, 5.74) is 2.81. The summed E-state index contributed by atoms with van der Waals surface area (Å²) in [7, 11) is 0. The van der Waals surface area contributed by atoms with Crippen LogP contribution in [0.4, 0.5) is 0 Å². The number of para-hydroxylation sites is 1. The fourth-order valence-corrected chi connectivity index (χ4v) is 5.44. The van der Waals surface area contributed by atoms with E-state index < -0.39 is 0 Å². The molecular weight excluding hydrogens is 434 g/mol. The third-order valence-electron chi connectivity index (χ3n) is 6.24. The van der Waals surface area contributed by atoms with E-state index in [4.69, 9.17) is 16.3 Å². The Hall–Kier alpha value is -2.34. The van der Waals surface area contributed by atoms with E-state index in [1.165, 1.54) is 5.57 Å². The number of rotatable bonds is 5. The predicted molar refractivity (Wildman–Crippen MR) is 135 cm³/mol. The van der Waals surface area contributed by atoms with E-state index in [0.29, 0.717) is 16.3 Å². The third-order valence-corrected chi connectivity index (χ3v) is 6.53. The summed E-state index contributed by atoms with van der Waals surface area (Å²) in [6.07, 6.45) is 4.90. The van der Waals surface area contributed by atoms with Crippen molar-refractivity contribution in [1.29, 1.82) is 0 Å². The zero-order valence-electron chi connectivity index (χ0n) is 19.9. The molecule has 1 saturated heterocycles. The van der Waals surface area contributed by atoms with Crippen LogP contribution in [0.2, 0.25) is 5.02 Å². The van der Waals surface area contributed by atoms with Crippen molar-refractivity contribution in [2.24, 2.45) is 0 Å². The molecule has 3 N–H and O–H groups in total. The summed E-state index contributed by atoms with van der Waals surface area (Å²) in [5.74, 6) is 1.20. The first-order valence-corrected chi connectivity index (χ1v) is 12.1. The third kappa shape index (κ3) is 5.97. The van der Waals surface area contributed by atoms with Gasteiger partial charge < -0.3 is 20.7 Å². The quantitative estimate of drug-likeness (QED) is 0.539. The molecule has 176 valence electrons. The van der Waals surface area contributed by atoms with Crippen molar-refractivity contribution in [3.63, 3.8) is 0 Å². The molecule has 4 rings (SSSR count). The molecule has 2 aliphatic heterocycles. The lowest BCUT2D eigenvalue weighted by atomic mass is 9.79. The number of amides is 1. The van der Waals surface area contributed by atoms with Gasteiger partial charge in [-0.15, -0.1) is 0 Å². The molecule has 0 unspecified atom stereocenters. The average molecular weight is 468 g/mol. The molecule has 1 amide bonds. The van der Waals surface area contributed by atoms with Crippen LogP contribution in [0.25, 0.3) is 5.57 Å².